The molecule has 0 radical (unpaired) electrons. The second-order valence-corrected chi connectivity index (χ2v) is 9.41. The van der Waals surface area contributed by atoms with Crippen molar-refractivity contribution in [1.82, 2.24) is 10.6 Å². The molecule has 0 bridgehead atoms. The van der Waals surface area contributed by atoms with E-state index in [-0.39, 0.29) is 51.0 Å². The summed E-state index contributed by atoms with van der Waals surface area (Å²) in [5.41, 5.74) is 2.47. The van der Waals surface area contributed by atoms with Crippen molar-refractivity contribution in [3.05, 3.63) is 59.7 Å². The summed E-state index contributed by atoms with van der Waals surface area (Å²) >= 11 is 0. The largest absolute Gasteiger partial charge is 0.480 e. The third-order valence-corrected chi connectivity index (χ3v) is 7.36. The minimum atomic E-state index is -1.31. The summed E-state index contributed by atoms with van der Waals surface area (Å²) in [7, 11) is 0. The Balaban J connectivity index is 1.18. The molecule has 2 amide bonds. The Bertz CT molecular complexity index is 1070. The normalized spacial score (nSPS) is 19.4. The van der Waals surface area contributed by atoms with Crippen LogP contribution in [0.15, 0.2) is 48.5 Å². The van der Waals surface area contributed by atoms with Crippen molar-refractivity contribution in [2.45, 2.75) is 37.1 Å². The molecule has 3 aliphatic rings. The van der Waals surface area contributed by atoms with Crippen LogP contribution in [0.2, 0.25) is 0 Å². The average molecular weight is 465 g/mol. The van der Waals surface area contributed by atoms with E-state index >= 15 is 0 Å². The van der Waals surface area contributed by atoms with Gasteiger partial charge in [0.05, 0.1) is 5.41 Å². The molecule has 0 spiro atoms. The topological polar surface area (TPSA) is 114 Å². The van der Waals surface area contributed by atoms with Gasteiger partial charge in [0.15, 0.2) is 0 Å². The van der Waals surface area contributed by atoms with E-state index in [9.17, 15) is 19.5 Å². The van der Waals surface area contributed by atoms with E-state index in [1.165, 1.54) is 0 Å². The van der Waals surface area contributed by atoms with Gasteiger partial charge >= 0.3 is 12.1 Å². The van der Waals surface area contributed by atoms with Crippen LogP contribution in [-0.4, -0.2) is 55.0 Å². The SMILES string of the molecule is O=C(NCC1(C(=O)NC2(C(=O)O)CCOCC2)CC1)OCC1c2ccccc2-c2ccccc21. The van der Waals surface area contributed by atoms with Crippen molar-refractivity contribution in [1.29, 1.82) is 0 Å². The average Bonchev–Trinajstić information content (AvgIpc) is 3.59. The summed E-state index contributed by atoms with van der Waals surface area (Å²) in [6.07, 6.45) is 1.05. The number of carbonyl (C=O) groups excluding carboxylic acids is 2. The molecule has 2 aromatic carbocycles. The maximum absolute atomic E-state index is 13.0. The number of nitrogens with one attached hydrogen (secondary N) is 2. The number of hydrogen-bond donors (Lipinski definition) is 3. The number of benzene rings is 2. The predicted molar refractivity (Wildman–Crippen MR) is 123 cm³/mol. The first-order valence-electron chi connectivity index (χ1n) is 11.7. The molecular weight excluding hydrogens is 436 g/mol. The first kappa shape index (κ1) is 22.4. The molecule has 2 aliphatic carbocycles. The van der Waals surface area contributed by atoms with Crippen molar-refractivity contribution in [3.8, 4) is 11.1 Å². The van der Waals surface area contributed by atoms with Crippen molar-refractivity contribution in [2.75, 3.05) is 26.4 Å². The molecule has 0 atom stereocenters. The van der Waals surface area contributed by atoms with Gasteiger partial charge in [-0.3, -0.25) is 4.79 Å². The molecule has 178 valence electrons. The zero-order valence-electron chi connectivity index (χ0n) is 18.8. The first-order chi connectivity index (χ1) is 16.4. The Morgan fingerprint density at radius 3 is 2.09 bits per heavy atom. The molecule has 0 unspecified atom stereocenters. The van der Waals surface area contributed by atoms with E-state index in [0.29, 0.717) is 12.8 Å². The third kappa shape index (κ3) is 4.03. The Hall–Kier alpha value is -3.39. The summed E-state index contributed by atoms with van der Waals surface area (Å²) in [6.45, 7) is 0.887. The van der Waals surface area contributed by atoms with Crippen LogP contribution in [0.4, 0.5) is 4.79 Å². The highest BCUT2D eigenvalue weighted by Crippen LogP contribution is 2.46. The molecule has 1 saturated carbocycles. The van der Waals surface area contributed by atoms with Crippen LogP contribution in [0, 0.1) is 5.41 Å². The van der Waals surface area contributed by atoms with Crippen LogP contribution in [0.1, 0.15) is 42.7 Å². The van der Waals surface area contributed by atoms with Crippen LogP contribution in [0.25, 0.3) is 11.1 Å². The number of ether oxygens (including phenoxy) is 2. The summed E-state index contributed by atoms with van der Waals surface area (Å²) in [4.78, 5) is 37.3. The van der Waals surface area contributed by atoms with Crippen molar-refractivity contribution in [2.24, 2.45) is 5.41 Å². The van der Waals surface area contributed by atoms with Gasteiger partial charge < -0.3 is 25.2 Å². The summed E-state index contributed by atoms with van der Waals surface area (Å²) in [5, 5.41) is 15.2. The lowest BCUT2D eigenvalue weighted by atomic mass is 9.89. The second-order valence-electron chi connectivity index (χ2n) is 9.41. The van der Waals surface area contributed by atoms with E-state index < -0.39 is 23.0 Å². The number of fused-ring (bicyclic) bond motifs is 3. The van der Waals surface area contributed by atoms with Gasteiger partial charge in [0.2, 0.25) is 5.91 Å². The van der Waals surface area contributed by atoms with Gasteiger partial charge in [0.25, 0.3) is 0 Å². The number of rotatable bonds is 7. The van der Waals surface area contributed by atoms with E-state index in [1.807, 2.05) is 24.3 Å². The molecule has 8 heteroatoms. The van der Waals surface area contributed by atoms with Gasteiger partial charge in [-0.05, 0) is 35.1 Å². The highest BCUT2D eigenvalue weighted by Gasteiger charge is 2.53. The molecule has 0 aromatic heterocycles. The quantitative estimate of drug-likeness (QED) is 0.580. The van der Waals surface area contributed by atoms with Gasteiger partial charge in [-0.15, -0.1) is 0 Å². The van der Waals surface area contributed by atoms with Gasteiger partial charge in [0, 0.05) is 38.5 Å². The number of alkyl carbamates (subject to hydrolysis) is 1. The second kappa shape index (κ2) is 8.76. The minimum absolute atomic E-state index is 0.0414. The highest BCUT2D eigenvalue weighted by molar-refractivity contribution is 5.92. The van der Waals surface area contributed by atoms with E-state index in [1.54, 1.807) is 0 Å². The molecule has 1 heterocycles. The lowest BCUT2D eigenvalue weighted by Crippen LogP contribution is -2.59. The number of carboxylic acids is 1. The molecule has 1 saturated heterocycles. The van der Waals surface area contributed by atoms with E-state index in [4.69, 9.17) is 9.47 Å². The van der Waals surface area contributed by atoms with Gasteiger partial charge in [0.1, 0.15) is 12.1 Å². The fourth-order valence-corrected chi connectivity index (χ4v) is 4.99. The fraction of sp³-hybridized carbons (Fsp3) is 0.423. The van der Waals surface area contributed by atoms with Crippen LogP contribution >= 0.6 is 0 Å². The standard InChI is InChI=1S/C26H28N2O6/c29-22(28-26(23(30)31)11-13-33-14-12-26)25(9-10-25)16-27-24(32)34-15-21-19-7-3-1-5-17(19)18-6-2-4-8-20(18)21/h1-8,21H,9-16H2,(H,27,32)(H,28,29)(H,30,31). The maximum Gasteiger partial charge on any atom is 0.407 e. The summed E-state index contributed by atoms with van der Waals surface area (Å²) in [6, 6.07) is 16.2. The molecule has 34 heavy (non-hydrogen) atoms. The van der Waals surface area contributed by atoms with Crippen LogP contribution in [-0.2, 0) is 19.1 Å². The Labute approximate surface area is 197 Å². The fourth-order valence-electron chi connectivity index (χ4n) is 4.99. The number of hydrogen-bond acceptors (Lipinski definition) is 5. The number of amides is 2. The molecular formula is C26H28N2O6. The van der Waals surface area contributed by atoms with Crippen LogP contribution in [0.5, 0.6) is 0 Å². The van der Waals surface area contributed by atoms with Gasteiger partial charge in [-0.1, -0.05) is 48.5 Å². The smallest absolute Gasteiger partial charge is 0.407 e. The predicted octanol–water partition coefficient (Wildman–Crippen LogP) is 3.06. The van der Waals surface area contributed by atoms with Crippen molar-refractivity contribution >= 4 is 18.0 Å². The lowest BCUT2D eigenvalue weighted by molar-refractivity contribution is -0.153. The molecule has 1 aliphatic heterocycles. The van der Waals surface area contributed by atoms with Crippen LogP contribution < -0.4 is 10.6 Å². The minimum Gasteiger partial charge on any atom is -0.480 e. The molecule has 5 rings (SSSR count). The summed E-state index contributed by atoms with van der Waals surface area (Å²) in [5.74, 6) is -1.43. The van der Waals surface area contributed by atoms with Crippen molar-refractivity contribution < 1.29 is 29.0 Å². The zero-order chi connectivity index (χ0) is 23.8. The molecule has 8 nitrogen and oxygen atoms in total. The monoisotopic (exact) mass is 464 g/mol. The Kier molecular flexibility index (Phi) is 5.77. The number of carboxylic acid groups (broad SMARTS) is 1. The van der Waals surface area contributed by atoms with E-state index in [2.05, 4.69) is 34.9 Å². The third-order valence-electron chi connectivity index (χ3n) is 7.36. The number of carbonyl (C=O) groups is 3. The molecule has 2 fully saturated rings. The highest BCUT2D eigenvalue weighted by atomic mass is 16.5. The Morgan fingerprint density at radius 2 is 1.53 bits per heavy atom. The molecule has 2 aromatic rings. The first-order valence-corrected chi connectivity index (χ1v) is 11.7. The van der Waals surface area contributed by atoms with Gasteiger partial charge in [-0.25, -0.2) is 9.59 Å². The lowest BCUT2D eigenvalue weighted by Gasteiger charge is -2.35. The Morgan fingerprint density at radius 1 is 0.941 bits per heavy atom. The zero-order valence-corrected chi connectivity index (χ0v) is 18.8. The van der Waals surface area contributed by atoms with E-state index in [0.717, 1.165) is 22.3 Å². The van der Waals surface area contributed by atoms with Crippen molar-refractivity contribution in [3.63, 3.8) is 0 Å². The van der Waals surface area contributed by atoms with Gasteiger partial charge in [-0.2, -0.15) is 0 Å². The summed E-state index contributed by atoms with van der Waals surface area (Å²) < 4.78 is 10.8. The van der Waals surface area contributed by atoms with Crippen LogP contribution in [0.3, 0.4) is 0 Å². The number of aliphatic carboxylic acids is 1. The maximum atomic E-state index is 13.0. The molecule has 3 N–H and O–H groups in total.